The molecule has 0 spiro atoms. The summed E-state index contributed by atoms with van der Waals surface area (Å²) in [6, 6.07) is 10.4. The van der Waals surface area contributed by atoms with E-state index in [9.17, 15) is 0 Å². The minimum atomic E-state index is 0.894. The molecule has 0 unspecified atom stereocenters. The van der Waals surface area contributed by atoms with E-state index in [0.717, 1.165) is 18.1 Å². The van der Waals surface area contributed by atoms with Crippen molar-refractivity contribution in [3.05, 3.63) is 57.6 Å². The van der Waals surface area contributed by atoms with Crippen LogP contribution in [0.15, 0.2) is 42.1 Å². The quantitative estimate of drug-likeness (QED) is 0.885. The SMILES string of the molecule is C/C(=C/c1ccccc1)CNCc1cnc(C)s1. The molecule has 2 aromatic rings. The maximum absolute atomic E-state index is 4.25. The van der Waals surface area contributed by atoms with Gasteiger partial charge in [0.2, 0.25) is 0 Å². The Balaban J connectivity index is 1.81. The number of benzene rings is 1. The monoisotopic (exact) mass is 258 g/mol. The van der Waals surface area contributed by atoms with E-state index >= 15 is 0 Å². The van der Waals surface area contributed by atoms with Crippen LogP contribution in [0.2, 0.25) is 0 Å². The summed E-state index contributed by atoms with van der Waals surface area (Å²) in [7, 11) is 0. The second kappa shape index (κ2) is 6.47. The molecule has 18 heavy (non-hydrogen) atoms. The smallest absolute Gasteiger partial charge is 0.0897 e. The molecule has 0 fully saturated rings. The first kappa shape index (κ1) is 13.0. The van der Waals surface area contributed by atoms with Crippen molar-refractivity contribution < 1.29 is 0 Å². The molecule has 0 radical (unpaired) electrons. The summed E-state index contributed by atoms with van der Waals surface area (Å²) in [4.78, 5) is 5.54. The average Bonchev–Trinajstić information content (AvgIpc) is 2.76. The Morgan fingerprint density at radius 1 is 1.33 bits per heavy atom. The third-order valence-electron chi connectivity index (χ3n) is 2.58. The minimum absolute atomic E-state index is 0.894. The van der Waals surface area contributed by atoms with Gasteiger partial charge in [0.15, 0.2) is 0 Å². The largest absolute Gasteiger partial charge is 0.308 e. The van der Waals surface area contributed by atoms with Crippen LogP contribution in [0.1, 0.15) is 22.4 Å². The van der Waals surface area contributed by atoms with Gasteiger partial charge in [0.05, 0.1) is 5.01 Å². The van der Waals surface area contributed by atoms with Crippen LogP contribution in [-0.2, 0) is 6.54 Å². The van der Waals surface area contributed by atoms with Gasteiger partial charge in [0, 0.05) is 24.2 Å². The molecule has 1 aromatic heterocycles. The van der Waals surface area contributed by atoms with Crippen molar-refractivity contribution in [2.24, 2.45) is 0 Å². The zero-order valence-electron chi connectivity index (χ0n) is 10.8. The molecule has 1 heterocycles. The van der Waals surface area contributed by atoms with Gasteiger partial charge >= 0.3 is 0 Å². The van der Waals surface area contributed by atoms with Crippen LogP contribution < -0.4 is 5.32 Å². The molecule has 2 nitrogen and oxygen atoms in total. The number of nitrogens with one attached hydrogen (secondary N) is 1. The van der Waals surface area contributed by atoms with Gasteiger partial charge in [-0.1, -0.05) is 42.0 Å². The third kappa shape index (κ3) is 4.09. The molecule has 1 N–H and O–H groups in total. The van der Waals surface area contributed by atoms with E-state index in [2.05, 4.69) is 47.6 Å². The highest BCUT2D eigenvalue weighted by Crippen LogP contribution is 2.11. The molecular weight excluding hydrogens is 240 g/mol. The van der Waals surface area contributed by atoms with Crippen LogP contribution >= 0.6 is 11.3 Å². The molecular formula is C15H18N2S. The summed E-state index contributed by atoms with van der Waals surface area (Å²) in [5.74, 6) is 0. The normalized spacial score (nSPS) is 11.8. The van der Waals surface area contributed by atoms with Crippen LogP contribution in [0.4, 0.5) is 0 Å². The average molecular weight is 258 g/mol. The number of hydrogen-bond donors (Lipinski definition) is 1. The number of rotatable bonds is 5. The fourth-order valence-corrected chi connectivity index (χ4v) is 2.52. The van der Waals surface area contributed by atoms with Crippen LogP contribution in [0.3, 0.4) is 0 Å². The summed E-state index contributed by atoms with van der Waals surface area (Å²) in [5, 5.41) is 4.57. The highest BCUT2D eigenvalue weighted by Gasteiger charge is 1.97. The number of nitrogens with zero attached hydrogens (tertiary/aromatic N) is 1. The van der Waals surface area contributed by atoms with Crippen molar-refractivity contribution in [2.75, 3.05) is 6.54 Å². The molecule has 0 saturated heterocycles. The Morgan fingerprint density at radius 2 is 2.11 bits per heavy atom. The molecule has 0 aliphatic rings. The number of hydrogen-bond acceptors (Lipinski definition) is 3. The lowest BCUT2D eigenvalue weighted by molar-refractivity contribution is 0.750. The Bertz CT molecular complexity index is 514. The molecule has 0 atom stereocenters. The van der Waals surface area contributed by atoms with Crippen LogP contribution in [0, 0.1) is 6.92 Å². The number of thiazole rings is 1. The van der Waals surface area contributed by atoms with Crippen molar-refractivity contribution in [1.82, 2.24) is 10.3 Å². The number of aryl methyl sites for hydroxylation is 1. The molecule has 1 aromatic carbocycles. The van der Waals surface area contributed by atoms with Crippen molar-refractivity contribution in [3.63, 3.8) is 0 Å². The number of aromatic nitrogens is 1. The minimum Gasteiger partial charge on any atom is -0.308 e. The molecule has 3 heteroatoms. The Hall–Kier alpha value is -1.45. The van der Waals surface area contributed by atoms with Crippen molar-refractivity contribution in [3.8, 4) is 0 Å². The lowest BCUT2D eigenvalue weighted by Crippen LogP contribution is -2.14. The first-order chi connectivity index (χ1) is 8.74. The molecule has 0 bridgehead atoms. The van der Waals surface area contributed by atoms with Crippen LogP contribution in [0.25, 0.3) is 6.08 Å². The van der Waals surface area contributed by atoms with E-state index in [1.165, 1.54) is 16.0 Å². The second-order valence-electron chi connectivity index (χ2n) is 4.35. The zero-order chi connectivity index (χ0) is 12.8. The summed E-state index contributed by atoms with van der Waals surface area (Å²) in [5.41, 5.74) is 2.59. The molecule has 0 aliphatic carbocycles. The van der Waals surface area contributed by atoms with E-state index in [0.29, 0.717) is 0 Å². The van der Waals surface area contributed by atoms with Crippen molar-refractivity contribution in [1.29, 1.82) is 0 Å². The predicted molar refractivity (Wildman–Crippen MR) is 78.7 cm³/mol. The van der Waals surface area contributed by atoms with E-state index < -0.39 is 0 Å². The maximum Gasteiger partial charge on any atom is 0.0897 e. The lowest BCUT2D eigenvalue weighted by Gasteiger charge is -2.03. The highest BCUT2D eigenvalue weighted by molar-refractivity contribution is 7.11. The van der Waals surface area contributed by atoms with Crippen LogP contribution in [0.5, 0.6) is 0 Å². The lowest BCUT2D eigenvalue weighted by atomic mass is 10.1. The van der Waals surface area contributed by atoms with Gasteiger partial charge in [0.1, 0.15) is 0 Å². The van der Waals surface area contributed by atoms with Crippen molar-refractivity contribution >= 4 is 17.4 Å². The van der Waals surface area contributed by atoms with E-state index in [1.54, 1.807) is 11.3 Å². The standard InChI is InChI=1S/C15H18N2S/c1-12(8-14-6-4-3-5-7-14)9-16-10-15-11-17-13(2)18-15/h3-8,11,16H,9-10H2,1-2H3/b12-8-. The van der Waals surface area contributed by atoms with Gasteiger partial charge in [-0.15, -0.1) is 11.3 Å². The fraction of sp³-hybridized carbons (Fsp3) is 0.267. The first-order valence-electron chi connectivity index (χ1n) is 6.08. The Kier molecular flexibility index (Phi) is 4.67. The summed E-state index contributed by atoms with van der Waals surface area (Å²) in [6.45, 7) is 5.99. The van der Waals surface area contributed by atoms with Gasteiger partial charge in [-0.3, -0.25) is 0 Å². The van der Waals surface area contributed by atoms with Gasteiger partial charge in [-0.25, -0.2) is 4.98 Å². The van der Waals surface area contributed by atoms with Gasteiger partial charge in [0.25, 0.3) is 0 Å². The predicted octanol–water partition coefficient (Wildman–Crippen LogP) is 3.64. The molecule has 94 valence electrons. The molecule has 2 rings (SSSR count). The van der Waals surface area contributed by atoms with Gasteiger partial charge < -0.3 is 5.32 Å². The first-order valence-corrected chi connectivity index (χ1v) is 6.90. The van der Waals surface area contributed by atoms with E-state index in [-0.39, 0.29) is 0 Å². The van der Waals surface area contributed by atoms with E-state index in [4.69, 9.17) is 0 Å². The molecule has 0 saturated carbocycles. The fourth-order valence-electron chi connectivity index (χ4n) is 1.75. The summed E-state index contributed by atoms with van der Waals surface area (Å²) < 4.78 is 0. The molecule has 0 aliphatic heterocycles. The third-order valence-corrected chi connectivity index (χ3v) is 3.50. The Morgan fingerprint density at radius 3 is 2.78 bits per heavy atom. The topological polar surface area (TPSA) is 24.9 Å². The second-order valence-corrected chi connectivity index (χ2v) is 5.67. The zero-order valence-corrected chi connectivity index (χ0v) is 11.6. The van der Waals surface area contributed by atoms with E-state index in [1.807, 2.05) is 19.2 Å². The Labute approximate surface area is 112 Å². The highest BCUT2D eigenvalue weighted by atomic mass is 32.1. The van der Waals surface area contributed by atoms with Gasteiger partial charge in [-0.2, -0.15) is 0 Å². The van der Waals surface area contributed by atoms with Crippen molar-refractivity contribution in [2.45, 2.75) is 20.4 Å². The molecule has 0 amide bonds. The maximum atomic E-state index is 4.25. The van der Waals surface area contributed by atoms with Crippen LogP contribution in [-0.4, -0.2) is 11.5 Å². The van der Waals surface area contributed by atoms with Gasteiger partial charge in [-0.05, 0) is 19.4 Å². The summed E-state index contributed by atoms with van der Waals surface area (Å²) >= 11 is 1.75. The summed E-state index contributed by atoms with van der Waals surface area (Å²) in [6.07, 6.45) is 4.16.